The third-order valence-electron chi connectivity index (χ3n) is 3.99. The molecule has 0 spiro atoms. The zero-order chi connectivity index (χ0) is 18.8. The Kier molecular flexibility index (Phi) is 9.46. The van der Waals surface area contributed by atoms with Crippen molar-refractivity contribution in [3.8, 4) is 0 Å². The van der Waals surface area contributed by atoms with Crippen molar-refractivity contribution in [3.05, 3.63) is 51.5 Å². The Morgan fingerprint density at radius 2 is 1.65 bits per heavy atom. The Hall–Kier alpha value is -0.563. The second kappa shape index (κ2) is 11.3. The quantitative estimate of drug-likeness (QED) is 0.328. The van der Waals surface area contributed by atoms with Crippen LogP contribution in [0.15, 0.2) is 51.4 Å². The van der Waals surface area contributed by atoms with Crippen molar-refractivity contribution in [2.45, 2.75) is 51.3 Å². The van der Waals surface area contributed by atoms with Gasteiger partial charge in [-0.2, -0.15) is 0 Å². The molecule has 1 aromatic carbocycles. The van der Waals surface area contributed by atoms with Crippen LogP contribution in [0.3, 0.4) is 0 Å². The van der Waals surface area contributed by atoms with Gasteiger partial charge >= 0.3 is 8.80 Å². The predicted octanol–water partition coefficient (Wildman–Crippen LogP) is 6.40. The third kappa shape index (κ3) is 6.55. The van der Waals surface area contributed by atoms with E-state index in [1.54, 1.807) is 11.8 Å². The molecule has 1 aliphatic carbocycles. The number of rotatable bonds is 10. The second-order valence-electron chi connectivity index (χ2n) is 5.94. The molecule has 0 bridgehead atoms. The van der Waals surface area contributed by atoms with Crippen molar-refractivity contribution in [3.63, 3.8) is 0 Å². The van der Waals surface area contributed by atoms with E-state index in [2.05, 4.69) is 23.9 Å². The lowest BCUT2D eigenvalue weighted by atomic mass is 10.00. The van der Waals surface area contributed by atoms with Gasteiger partial charge < -0.3 is 13.3 Å². The molecule has 0 saturated heterocycles. The van der Waals surface area contributed by atoms with Crippen LogP contribution >= 0.6 is 23.4 Å². The Morgan fingerprint density at radius 1 is 1.04 bits per heavy atom. The van der Waals surface area contributed by atoms with Crippen LogP contribution in [0.2, 0.25) is 5.02 Å². The van der Waals surface area contributed by atoms with Gasteiger partial charge in [-0.25, -0.2) is 0 Å². The highest BCUT2D eigenvalue weighted by Crippen LogP contribution is 2.38. The molecule has 0 saturated carbocycles. The fourth-order valence-electron chi connectivity index (χ4n) is 2.89. The summed E-state index contributed by atoms with van der Waals surface area (Å²) in [5.41, 5.74) is 3.51. The van der Waals surface area contributed by atoms with E-state index in [1.165, 1.54) is 23.3 Å². The van der Waals surface area contributed by atoms with E-state index in [0.29, 0.717) is 19.8 Å². The Labute approximate surface area is 168 Å². The number of halogens is 1. The van der Waals surface area contributed by atoms with E-state index < -0.39 is 8.80 Å². The van der Waals surface area contributed by atoms with Gasteiger partial charge in [0.25, 0.3) is 0 Å². The molecule has 0 aliphatic heterocycles. The summed E-state index contributed by atoms with van der Waals surface area (Å²) in [6, 6.07) is 7.95. The minimum Gasteiger partial charge on any atom is -0.371 e. The number of hydrogen-bond acceptors (Lipinski definition) is 4. The smallest absolute Gasteiger partial charge is 0.371 e. The molecule has 3 nitrogen and oxygen atoms in total. The molecule has 0 atom stereocenters. The first-order valence-corrected chi connectivity index (χ1v) is 12.4. The molecule has 2 rings (SSSR count). The van der Waals surface area contributed by atoms with Gasteiger partial charge in [0.1, 0.15) is 0 Å². The van der Waals surface area contributed by atoms with Crippen LogP contribution in [-0.2, 0) is 13.3 Å². The van der Waals surface area contributed by atoms with Crippen molar-refractivity contribution >= 4 is 32.2 Å². The normalized spacial score (nSPS) is 15.8. The summed E-state index contributed by atoms with van der Waals surface area (Å²) in [6.45, 7) is 7.67. The van der Waals surface area contributed by atoms with Crippen molar-refractivity contribution in [2.24, 2.45) is 0 Å². The summed E-state index contributed by atoms with van der Waals surface area (Å²) < 4.78 is 18.1. The van der Waals surface area contributed by atoms with Crippen LogP contribution in [0.4, 0.5) is 0 Å². The van der Waals surface area contributed by atoms with Gasteiger partial charge in [-0.15, -0.1) is 0 Å². The molecule has 0 amide bonds. The van der Waals surface area contributed by atoms with Gasteiger partial charge in [-0.1, -0.05) is 29.4 Å². The van der Waals surface area contributed by atoms with E-state index in [-0.39, 0.29) is 0 Å². The van der Waals surface area contributed by atoms with E-state index in [4.69, 9.17) is 24.9 Å². The number of hydrogen-bond donors (Lipinski definition) is 0. The zero-order valence-electron chi connectivity index (χ0n) is 15.9. The van der Waals surface area contributed by atoms with Crippen molar-refractivity contribution in [2.75, 3.05) is 19.8 Å². The first-order chi connectivity index (χ1) is 12.6. The predicted molar refractivity (Wildman–Crippen MR) is 113 cm³/mol. The Morgan fingerprint density at radius 3 is 2.15 bits per heavy atom. The standard InChI is InChI=1S/C20H29ClO3SSi/c1-4-22-26(23-5-2,24-6-3)16-20(17-10-8-7-9-11-17)25-19-14-12-18(21)13-15-19/h10,12-16H,4-9,11H2,1-3H3. The lowest BCUT2D eigenvalue weighted by molar-refractivity contribution is 0.0842. The maximum absolute atomic E-state index is 6.04. The topological polar surface area (TPSA) is 27.7 Å². The van der Waals surface area contributed by atoms with E-state index in [0.717, 1.165) is 22.8 Å². The SMILES string of the molecule is CCO[Si](C=C(Sc1ccc(Cl)cc1)C1=CCCCC1)(OCC)OCC. The Balaban J connectivity index is 2.39. The summed E-state index contributed by atoms with van der Waals surface area (Å²) in [5, 5.41) is 0.749. The highest BCUT2D eigenvalue weighted by atomic mass is 35.5. The molecule has 0 aromatic heterocycles. The van der Waals surface area contributed by atoms with Crippen molar-refractivity contribution in [1.82, 2.24) is 0 Å². The fraction of sp³-hybridized carbons (Fsp3) is 0.500. The average Bonchev–Trinajstić information content (AvgIpc) is 2.64. The lowest BCUT2D eigenvalue weighted by Crippen LogP contribution is -2.44. The summed E-state index contributed by atoms with van der Waals surface area (Å²) in [6.07, 6.45) is 7.03. The van der Waals surface area contributed by atoms with Gasteiger partial charge in [0.2, 0.25) is 0 Å². The highest BCUT2D eigenvalue weighted by molar-refractivity contribution is 8.03. The summed E-state index contributed by atoms with van der Waals surface area (Å²) in [5.74, 6) is 0. The highest BCUT2D eigenvalue weighted by Gasteiger charge is 2.39. The first-order valence-electron chi connectivity index (χ1n) is 9.40. The fourth-order valence-corrected chi connectivity index (χ4v) is 6.74. The number of allylic oxidation sites excluding steroid dienone is 2. The molecule has 0 unspecified atom stereocenters. The molecule has 144 valence electrons. The molecular formula is C20H29ClO3SSi. The molecule has 0 N–H and O–H groups in total. The monoisotopic (exact) mass is 412 g/mol. The maximum atomic E-state index is 6.04. The van der Waals surface area contributed by atoms with Gasteiger partial charge in [0.05, 0.1) is 0 Å². The van der Waals surface area contributed by atoms with Gasteiger partial charge in [0, 0.05) is 40.3 Å². The van der Waals surface area contributed by atoms with Gasteiger partial charge in [-0.05, 0) is 76.3 Å². The first kappa shape index (κ1) is 21.7. The van der Waals surface area contributed by atoms with Crippen LogP contribution in [0.1, 0.15) is 46.5 Å². The van der Waals surface area contributed by atoms with Crippen LogP contribution in [-0.4, -0.2) is 28.6 Å². The van der Waals surface area contributed by atoms with Crippen LogP contribution in [0.25, 0.3) is 0 Å². The van der Waals surface area contributed by atoms with Crippen LogP contribution in [0, 0.1) is 0 Å². The number of benzene rings is 1. The average molecular weight is 413 g/mol. The molecule has 0 heterocycles. The molecule has 26 heavy (non-hydrogen) atoms. The summed E-state index contributed by atoms with van der Waals surface area (Å²) in [7, 11) is -2.86. The molecule has 6 heteroatoms. The van der Waals surface area contributed by atoms with E-state index in [9.17, 15) is 0 Å². The minimum atomic E-state index is -2.86. The second-order valence-corrected chi connectivity index (χ2v) is 9.86. The zero-order valence-corrected chi connectivity index (χ0v) is 18.5. The molecule has 1 aromatic rings. The maximum Gasteiger partial charge on any atom is 0.530 e. The van der Waals surface area contributed by atoms with Crippen molar-refractivity contribution < 1.29 is 13.3 Å². The largest absolute Gasteiger partial charge is 0.530 e. The molecule has 1 aliphatic rings. The van der Waals surface area contributed by atoms with Gasteiger partial charge in [-0.3, -0.25) is 0 Å². The summed E-state index contributed by atoms with van der Waals surface area (Å²) >= 11 is 7.78. The van der Waals surface area contributed by atoms with Gasteiger partial charge in [0.15, 0.2) is 0 Å². The lowest BCUT2D eigenvalue weighted by Gasteiger charge is -2.27. The van der Waals surface area contributed by atoms with Crippen LogP contribution in [0.5, 0.6) is 0 Å². The number of thioether (sulfide) groups is 1. The van der Waals surface area contributed by atoms with Crippen LogP contribution < -0.4 is 0 Å². The van der Waals surface area contributed by atoms with Crippen molar-refractivity contribution in [1.29, 1.82) is 0 Å². The molecule has 0 radical (unpaired) electrons. The third-order valence-corrected chi connectivity index (χ3v) is 8.28. The Bertz CT molecular complexity index is 599. The minimum absolute atomic E-state index is 0.570. The van der Waals surface area contributed by atoms with E-state index in [1.807, 2.05) is 32.9 Å². The summed E-state index contributed by atoms with van der Waals surface area (Å²) in [4.78, 5) is 2.34. The van der Waals surface area contributed by atoms with E-state index >= 15 is 0 Å². The molecule has 0 fully saturated rings. The molecular weight excluding hydrogens is 384 g/mol.